The first-order chi connectivity index (χ1) is 9.03. The minimum absolute atomic E-state index is 0.0205. The van der Waals surface area contributed by atoms with E-state index in [9.17, 15) is 9.59 Å². The molecule has 1 heterocycles. The summed E-state index contributed by atoms with van der Waals surface area (Å²) in [4.78, 5) is 25.6. The van der Waals surface area contributed by atoms with Gasteiger partial charge in [0, 0.05) is 13.7 Å². The van der Waals surface area contributed by atoms with Gasteiger partial charge in [-0.15, -0.1) is 0 Å². The highest BCUT2D eigenvalue weighted by molar-refractivity contribution is 5.89. The number of carbonyl (C=O) groups is 2. The Kier molecular flexibility index (Phi) is 6.24. The zero-order valence-corrected chi connectivity index (χ0v) is 12.0. The zero-order valence-electron chi connectivity index (χ0n) is 12.0. The SMILES string of the molecule is CCOC(=O)CN(CCOC)C(=O)C1(C)CCCN1. The Balaban J connectivity index is 2.66. The summed E-state index contributed by atoms with van der Waals surface area (Å²) in [6.45, 7) is 5.56. The van der Waals surface area contributed by atoms with E-state index in [4.69, 9.17) is 9.47 Å². The van der Waals surface area contributed by atoms with Gasteiger partial charge in [0.1, 0.15) is 6.54 Å². The average molecular weight is 272 g/mol. The minimum atomic E-state index is -0.569. The molecule has 1 fully saturated rings. The number of ether oxygens (including phenoxy) is 2. The summed E-state index contributed by atoms with van der Waals surface area (Å²) in [5.41, 5.74) is -0.569. The highest BCUT2D eigenvalue weighted by Gasteiger charge is 2.39. The number of methoxy groups -OCH3 is 1. The monoisotopic (exact) mass is 272 g/mol. The van der Waals surface area contributed by atoms with Crippen molar-refractivity contribution in [3.63, 3.8) is 0 Å². The lowest BCUT2D eigenvalue weighted by Gasteiger charge is -2.31. The van der Waals surface area contributed by atoms with E-state index in [0.29, 0.717) is 19.8 Å². The van der Waals surface area contributed by atoms with Gasteiger partial charge in [-0.05, 0) is 33.2 Å². The van der Waals surface area contributed by atoms with E-state index in [2.05, 4.69) is 5.32 Å². The fourth-order valence-corrected chi connectivity index (χ4v) is 2.24. The summed E-state index contributed by atoms with van der Waals surface area (Å²) < 4.78 is 9.90. The molecule has 6 heteroatoms. The van der Waals surface area contributed by atoms with Crippen LogP contribution < -0.4 is 5.32 Å². The van der Waals surface area contributed by atoms with Crippen LogP contribution >= 0.6 is 0 Å². The predicted molar refractivity (Wildman–Crippen MR) is 70.7 cm³/mol. The fourth-order valence-electron chi connectivity index (χ4n) is 2.24. The second kappa shape index (κ2) is 7.45. The number of nitrogens with one attached hydrogen (secondary N) is 1. The minimum Gasteiger partial charge on any atom is -0.465 e. The maximum Gasteiger partial charge on any atom is 0.325 e. The van der Waals surface area contributed by atoms with E-state index in [1.807, 2.05) is 6.92 Å². The quantitative estimate of drug-likeness (QED) is 0.669. The molecule has 0 radical (unpaired) electrons. The number of rotatable bonds is 7. The molecule has 6 nitrogen and oxygen atoms in total. The van der Waals surface area contributed by atoms with E-state index in [0.717, 1.165) is 19.4 Å². The summed E-state index contributed by atoms with van der Waals surface area (Å²) in [6.07, 6.45) is 1.76. The van der Waals surface area contributed by atoms with Gasteiger partial charge in [-0.3, -0.25) is 9.59 Å². The summed E-state index contributed by atoms with van der Waals surface area (Å²) in [5, 5.41) is 3.21. The summed E-state index contributed by atoms with van der Waals surface area (Å²) in [5.74, 6) is -0.441. The van der Waals surface area contributed by atoms with Gasteiger partial charge in [0.25, 0.3) is 0 Å². The van der Waals surface area contributed by atoms with Gasteiger partial charge in [0.15, 0.2) is 0 Å². The van der Waals surface area contributed by atoms with Crippen molar-refractivity contribution >= 4 is 11.9 Å². The smallest absolute Gasteiger partial charge is 0.325 e. The van der Waals surface area contributed by atoms with E-state index in [-0.39, 0.29) is 18.4 Å². The molecule has 19 heavy (non-hydrogen) atoms. The molecule has 1 saturated heterocycles. The number of amides is 1. The van der Waals surface area contributed by atoms with Crippen molar-refractivity contribution in [2.45, 2.75) is 32.2 Å². The van der Waals surface area contributed by atoms with Crippen LogP contribution in [0.15, 0.2) is 0 Å². The Morgan fingerprint density at radius 1 is 1.42 bits per heavy atom. The van der Waals surface area contributed by atoms with Gasteiger partial charge >= 0.3 is 5.97 Å². The molecule has 110 valence electrons. The van der Waals surface area contributed by atoms with Crippen molar-refractivity contribution in [3.05, 3.63) is 0 Å². The van der Waals surface area contributed by atoms with Crippen LogP contribution in [0, 0.1) is 0 Å². The lowest BCUT2D eigenvalue weighted by atomic mass is 9.98. The van der Waals surface area contributed by atoms with Crippen molar-refractivity contribution < 1.29 is 19.1 Å². The van der Waals surface area contributed by atoms with Gasteiger partial charge in [-0.1, -0.05) is 0 Å². The van der Waals surface area contributed by atoms with E-state index in [1.165, 1.54) is 4.90 Å². The summed E-state index contributed by atoms with van der Waals surface area (Å²) in [7, 11) is 1.57. The highest BCUT2D eigenvalue weighted by atomic mass is 16.5. The molecule has 1 atom stereocenters. The standard InChI is InChI=1S/C13H24N2O4/c1-4-19-11(16)10-15(8-9-18-3)12(17)13(2)6-5-7-14-13/h14H,4-10H2,1-3H3. The number of esters is 1. The third kappa shape index (κ3) is 4.47. The summed E-state index contributed by atoms with van der Waals surface area (Å²) >= 11 is 0. The average Bonchev–Trinajstić information content (AvgIpc) is 2.82. The van der Waals surface area contributed by atoms with Crippen molar-refractivity contribution in [2.75, 3.05) is 40.0 Å². The van der Waals surface area contributed by atoms with Crippen LogP contribution in [0.1, 0.15) is 26.7 Å². The molecule has 1 amide bonds. The molecule has 1 N–H and O–H groups in total. The first kappa shape index (κ1) is 15.9. The third-order valence-electron chi connectivity index (χ3n) is 3.32. The Labute approximate surface area is 114 Å². The molecule has 1 aliphatic heterocycles. The first-order valence-corrected chi connectivity index (χ1v) is 6.72. The molecule has 1 unspecified atom stereocenters. The topological polar surface area (TPSA) is 67.9 Å². The molecule has 0 bridgehead atoms. The number of nitrogens with zero attached hydrogens (tertiary/aromatic N) is 1. The van der Waals surface area contributed by atoms with Crippen LogP contribution in [0.2, 0.25) is 0 Å². The Hall–Kier alpha value is -1.14. The molecule has 0 aromatic rings. The predicted octanol–water partition coefficient (Wildman–Crippen LogP) is 0.167. The van der Waals surface area contributed by atoms with Crippen molar-refractivity contribution in [2.24, 2.45) is 0 Å². The van der Waals surface area contributed by atoms with Crippen molar-refractivity contribution in [3.8, 4) is 0 Å². The second-order valence-corrected chi connectivity index (χ2v) is 4.89. The molecule has 1 aliphatic rings. The van der Waals surface area contributed by atoms with Crippen LogP contribution in [0.4, 0.5) is 0 Å². The highest BCUT2D eigenvalue weighted by Crippen LogP contribution is 2.21. The third-order valence-corrected chi connectivity index (χ3v) is 3.32. The van der Waals surface area contributed by atoms with Crippen molar-refractivity contribution in [1.29, 1.82) is 0 Å². The number of hydrogen-bond acceptors (Lipinski definition) is 5. The van der Waals surface area contributed by atoms with Crippen LogP contribution in [-0.2, 0) is 19.1 Å². The number of carbonyl (C=O) groups excluding carboxylic acids is 2. The molecule has 0 aliphatic carbocycles. The van der Waals surface area contributed by atoms with Gasteiger partial charge in [0.05, 0.1) is 18.8 Å². The second-order valence-electron chi connectivity index (χ2n) is 4.89. The molecule has 0 saturated carbocycles. The van der Waals surface area contributed by atoms with E-state index >= 15 is 0 Å². The van der Waals surface area contributed by atoms with Crippen LogP contribution in [0.5, 0.6) is 0 Å². The summed E-state index contributed by atoms with van der Waals surface area (Å²) in [6, 6.07) is 0. The molecule has 0 spiro atoms. The van der Waals surface area contributed by atoms with E-state index in [1.54, 1.807) is 14.0 Å². The lowest BCUT2D eigenvalue weighted by molar-refractivity contribution is -0.151. The van der Waals surface area contributed by atoms with Crippen LogP contribution in [-0.4, -0.2) is 62.3 Å². The van der Waals surface area contributed by atoms with Gasteiger partial charge < -0.3 is 19.7 Å². The van der Waals surface area contributed by atoms with Gasteiger partial charge in [-0.2, -0.15) is 0 Å². The van der Waals surface area contributed by atoms with Crippen LogP contribution in [0.3, 0.4) is 0 Å². The maximum atomic E-state index is 12.5. The zero-order chi connectivity index (χ0) is 14.3. The fraction of sp³-hybridized carbons (Fsp3) is 0.846. The molecular formula is C13H24N2O4. The normalized spacial score (nSPS) is 22.3. The first-order valence-electron chi connectivity index (χ1n) is 6.72. The molecule has 1 rings (SSSR count). The van der Waals surface area contributed by atoms with Crippen molar-refractivity contribution in [1.82, 2.24) is 10.2 Å². The maximum absolute atomic E-state index is 12.5. The Morgan fingerprint density at radius 2 is 2.16 bits per heavy atom. The van der Waals surface area contributed by atoms with Gasteiger partial charge in [-0.25, -0.2) is 0 Å². The Morgan fingerprint density at radius 3 is 2.68 bits per heavy atom. The van der Waals surface area contributed by atoms with Crippen LogP contribution in [0.25, 0.3) is 0 Å². The lowest BCUT2D eigenvalue weighted by Crippen LogP contribution is -2.54. The number of hydrogen-bond donors (Lipinski definition) is 1. The molecule has 0 aromatic carbocycles. The van der Waals surface area contributed by atoms with Gasteiger partial charge in [0.2, 0.25) is 5.91 Å². The molecule has 0 aromatic heterocycles. The molecular weight excluding hydrogens is 248 g/mol. The largest absolute Gasteiger partial charge is 0.465 e. The van der Waals surface area contributed by atoms with E-state index < -0.39 is 5.54 Å². The Bertz CT molecular complexity index is 314.